The Labute approximate surface area is 194 Å². The minimum absolute atomic E-state index is 0.0868. The molecule has 3 amide bonds. The van der Waals surface area contributed by atoms with Crippen LogP contribution in [0.4, 0.5) is 11.4 Å². The summed E-state index contributed by atoms with van der Waals surface area (Å²) in [5.41, 5.74) is 2.94. The van der Waals surface area contributed by atoms with Crippen molar-refractivity contribution in [1.29, 1.82) is 0 Å². The highest BCUT2D eigenvalue weighted by molar-refractivity contribution is 6.09. The molecule has 8 heteroatoms. The molecule has 33 heavy (non-hydrogen) atoms. The van der Waals surface area contributed by atoms with Crippen LogP contribution in [0.5, 0.6) is 5.75 Å². The quantitative estimate of drug-likeness (QED) is 0.731. The first-order valence-electron chi connectivity index (χ1n) is 11.2. The molecule has 1 atom stereocenters. The van der Waals surface area contributed by atoms with Crippen LogP contribution in [0.1, 0.15) is 35.2 Å². The van der Waals surface area contributed by atoms with E-state index in [1.807, 2.05) is 30.3 Å². The van der Waals surface area contributed by atoms with Crippen molar-refractivity contribution < 1.29 is 19.1 Å². The van der Waals surface area contributed by atoms with Crippen molar-refractivity contribution in [3.05, 3.63) is 53.6 Å². The second-order valence-electron chi connectivity index (χ2n) is 8.66. The summed E-state index contributed by atoms with van der Waals surface area (Å²) in [7, 11) is 4.99. The van der Waals surface area contributed by atoms with Gasteiger partial charge in [-0.15, -0.1) is 0 Å². The summed E-state index contributed by atoms with van der Waals surface area (Å²) in [6.07, 6.45) is 2.77. The molecule has 0 aromatic heterocycles. The summed E-state index contributed by atoms with van der Waals surface area (Å²) in [6, 6.07) is 12.6. The lowest BCUT2D eigenvalue weighted by molar-refractivity contribution is -0.125. The van der Waals surface area contributed by atoms with Gasteiger partial charge < -0.3 is 19.9 Å². The van der Waals surface area contributed by atoms with Crippen molar-refractivity contribution in [2.24, 2.45) is 0 Å². The average Bonchev–Trinajstić information content (AvgIpc) is 2.84. The number of hydrogen-bond acceptors (Lipinski definition) is 5. The van der Waals surface area contributed by atoms with Crippen LogP contribution >= 0.6 is 0 Å². The number of nitrogens with one attached hydrogen (secondary N) is 1. The first-order valence-corrected chi connectivity index (χ1v) is 11.2. The summed E-state index contributed by atoms with van der Waals surface area (Å²) in [4.78, 5) is 44.0. The standard InChI is InChI=1S/C25H30N4O4/c1-27(2)24(31)18-9-12-20-22(14-18)29(25(32)21-6-4-5-13-28(20)21)16-23(30)26-15-17-7-10-19(33-3)11-8-17/h7-12,14,21H,4-6,13,15-16H2,1-3H3,(H,26,30)/t21-/m1/s1. The maximum absolute atomic E-state index is 13.4. The Bertz CT molecular complexity index is 1050. The van der Waals surface area contributed by atoms with Gasteiger partial charge in [0.25, 0.3) is 5.91 Å². The number of ether oxygens (including phenoxy) is 1. The fraction of sp³-hybridized carbons (Fsp3) is 0.400. The number of carbonyl (C=O) groups excluding carboxylic acids is 3. The Morgan fingerprint density at radius 1 is 1.09 bits per heavy atom. The van der Waals surface area contributed by atoms with Crippen LogP contribution in [0.15, 0.2) is 42.5 Å². The third kappa shape index (κ3) is 4.65. The van der Waals surface area contributed by atoms with Crippen LogP contribution in [-0.4, -0.2) is 63.0 Å². The number of rotatable bonds is 6. The van der Waals surface area contributed by atoms with Crippen LogP contribution < -0.4 is 19.9 Å². The summed E-state index contributed by atoms with van der Waals surface area (Å²) in [5, 5.41) is 2.90. The second kappa shape index (κ2) is 9.52. The lowest BCUT2D eigenvalue weighted by atomic mass is 9.95. The smallest absolute Gasteiger partial charge is 0.253 e. The van der Waals surface area contributed by atoms with Crippen LogP contribution in [0, 0.1) is 0 Å². The number of piperidine rings is 1. The first-order chi connectivity index (χ1) is 15.9. The zero-order chi connectivity index (χ0) is 23.5. The molecule has 2 aromatic rings. The highest BCUT2D eigenvalue weighted by Gasteiger charge is 2.40. The second-order valence-corrected chi connectivity index (χ2v) is 8.66. The van der Waals surface area contributed by atoms with Gasteiger partial charge in [-0.3, -0.25) is 19.3 Å². The minimum atomic E-state index is -0.268. The van der Waals surface area contributed by atoms with E-state index in [-0.39, 0.29) is 30.3 Å². The van der Waals surface area contributed by atoms with Crippen LogP contribution in [0.25, 0.3) is 0 Å². The summed E-state index contributed by atoms with van der Waals surface area (Å²) < 4.78 is 5.16. The monoisotopic (exact) mass is 450 g/mol. The Morgan fingerprint density at radius 2 is 1.85 bits per heavy atom. The molecular weight excluding hydrogens is 420 g/mol. The molecule has 0 spiro atoms. The van der Waals surface area contributed by atoms with Gasteiger partial charge in [-0.2, -0.15) is 0 Å². The van der Waals surface area contributed by atoms with Crippen LogP contribution in [0.3, 0.4) is 0 Å². The number of amides is 3. The zero-order valence-corrected chi connectivity index (χ0v) is 19.3. The Morgan fingerprint density at radius 3 is 2.55 bits per heavy atom. The predicted molar refractivity (Wildman–Crippen MR) is 127 cm³/mol. The molecule has 8 nitrogen and oxygen atoms in total. The summed E-state index contributed by atoms with van der Waals surface area (Å²) in [5.74, 6) is 0.269. The van der Waals surface area contributed by atoms with E-state index in [0.717, 1.165) is 42.8 Å². The molecule has 2 aromatic carbocycles. The molecule has 0 bridgehead atoms. The third-order valence-electron chi connectivity index (χ3n) is 6.23. The maximum Gasteiger partial charge on any atom is 0.253 e. The van der Waals surface area contributed by atoms with Gasteiger partial charge >= 0.3 is 0 Å². The molecule has 174 valence electrons. The Balaban J connectivity index is 1.56. The molecule has 0 saturated carbocycles. The van der Waals surface area contributed by atoms with Crippen molar-refractivity contribution >= 4 is 29.1 Å². The largest absolute Gasteiger partial charge is 0.497 e. The van der Waals surface area contributed by atoms with Crippen molar-refractivity contribution in [3.63, 3.8) is 0 Å². The molecule has 1 fully saturated rings. The number of anilines is 2. The molecule has 0 aliphatic carbocycles. The van der Waals surface area contributed by atoms with Gasteiger partial charge in [0, 0.05) is 32.7 Å². The number of carbonyl (C=O) groups is 3. The van der Waals surface area contributed by atoms with E-state index in [1.54, 1.807) is 33.3 Å². The van der Waals surface area contributed by atoms with Gasteiger partial charge in [-0.05, 0) is 55.2 Å². The van der Waals surface area contributed by atoms with Gasteiger partial charge in [0.1, 0.15) is 18.3 Å². The van der Waals surface area contributed by atoms with Gasteiger partial charge in [0.2, 0.25) is 11.8 Å². The highest BCUT2D eigenvalue weighted by Crippen LogP contribution is 2.40. The lowest BCUT2D eigenvalue weighted by Gasteiger charge is -2.45. The minimum Gasteiger partial charge on any atom is -0.497 e. The van der Waals surface area contributed by atoms with E-state index in [9.17, 15) is 14.4 Å². The fourth-order valence-electron chi connectivity index (χ4n) is 4.46. The zero-order valence-electron chi connectivity index (χ0n) is 19.3. The number of nitrogens with zero attached hydrogens (tertiary/aromatic N) is 3. The molecule has 2 heterocycles. The SMILES string of the molecule is COc1ccc(CNC(=O)CN2C(=O)[C@H]3CCCCN3c3ccc(C(=O)N(C)C)cc32)cc1. The number of fused-ring (bicyclic) bond motifs is 3. The van der Waals surface area contributed by atoms with E-state index in [2.05, 4.69) is 10.2 Å². The van der Waals surface area contributed by atoms with Crippen LogP contribution in [-0.2, 0) is 16.1 Å². The summed E-state index contributed by atoms with van der Waals surface area (Å²) in [6.45, 7) is 1.06. The third-order valence-corrected chi connectivity index (χ3v) is 6.23. The van der Waals surface area contributed by atoms with E-state index >= 15 is 0 Å². The molecule has 0 radical (unpaired) electrons. The van der Waals surface area contributed by atoms with Gasteiger partial charge in [0.15, 0.2) is 0 Å². The van der Waals surface area contributed by atoms with E-state index in [1.165, 1.54) is 9.80 Å². The molecule has 2 aliphatic heterocycles. The lowest BCUT2D eigenvalue weighted by Crippen LogP contribution is -2.57. The van der Waals surface area contributed by atoms with Gasteiger partial charge in [0.05, 0.1) is 18.5 Å². The maximum atomic E-state index is 13.4. The molecule has 2 aliphatic rings. The first kappa shape index (κ1) is 22.6. The fourth-order valence-corrected chi connectivity index (χ4v) is 4.46. The predicted octanol–water partition coefficient (Wildman–Crippen LogP) is 2.42. The normalized spacial score (nSPS) is 17.2. The van der Waals surface area contributed by atoms with Crippen molar-refractivity contribution in [2.45, 2.75) is 31.8 Å². The topological polar surface area (TPSA) is 82.2 Å². The Hall–Kier alpha value is -3.55. The summed E-state index contributed by atoms with van der Waals surface area (Å²) >= 11 is 0. The Kier molecular flexibility index (Phi) is 6.53. The number of benzene rings is 2. The molecule has 1 N–H and O–H groups in total. The van der Waals surface area contributed by atoms with E-state index in [0.29, 0.717) is 17.8 Å². The van der Waals surface area contributed by atoms with Crippen molar-refractivity contribution in [3.8, 4) is 5.75 Å². The van der Waals surface area contributed by atoms with E-state index in [4.69, 9.17) is 4.74 Å². The van der Waals surface area contributed by atoms with Crippen molar-refractivity contribution in [1.82, 2.24) is 10.2 Å². The van der Waals surface area contributed by atoms with Gasteiger partial charge in [-0.25, -0.2) is 0 Å². The highest BCUT2D eigenvalue weighted by atomic mass is 16.5. The van der Waals surface area contributed by atoms with E-state index < -0.39 is 0 Å². The number of hydrogen-bond donors (Lipinski definition) is 1. The average molecular weight is 451 g/mol. The molecular formula is C25H30N4O4. The molecule has 0 unspecified atom stereocenters. The molecule has 4 rings (SSSR count). The number of methoxy groups -OCH3 is 1. The van der Waals surface area contributed by atoms with Crippen molar-refractivity contribution in [2.75, 3.05) is 44.1 Å². The van der Waals surface area contributed by atoms with Crippen LogP contribution in [0.2, 0.25) is 0 Å². The molecule has 1 saturated heterocycles. The van der Waals surface area contributed by atoms with Gasteiger partial charge in [-0.1, -0.05) is 12.1 Å².